The summed E-state index contributed by atoms with van der Waals surface area (Å²) in [7, 11) is 0. The topological polar surface area (TPSA) is 105 Å². The molecular weight excluding hydrogens is 656 g/mol. The maximum Gasteiger partial charge on any atom is 0.339 e. The van der Waals surface area contributed by atoms with Gasteiger partial charge in [0.15, 0.2) is 0 Å². The van der Waals surface area contributed by atoms with E-state index < -0.39 is 23.9 Å². The van der Waals surface area contributed by atoms with E-state index in [1.165, 1.54) is 12.8 Å². The highest BCUT2D eigenvalue weighted by Crippen LogP contribution is 2.25. The number of unbranched alkanes of at least 4 members (excludes halogenated alkanes) is 2. The normalized spacial score (nSPS) is 16.1. The van der Waals surface area contributed by atoms with Crippen molar-refractivity contribution in [3.8, 4) is 0 Å². The van der Waals surface area contributed by atoms with Gasteiger partial charge in [-0.2, -0.15) is 0 Å². The van der Waals surface area contributed by atoms with Crippen LogP contribution in [0.15, 0.2) is 48.5 Å². The highest BCUT2D eigenvalue weighted by Gasteiger charge is 2.26. The second-order valence-electron chi connectivity index (χ2n) is 14.5. The van der Waals surface area contributed by atoms with Crippen LogP contribution in [0.5, 0.6) is 0 Å². The van der Waals surface area contributed by atoms with Crippen molar-refractivity contribution in [3.05, 3.63) is 70.8 Å². The van der Waals surface area contributed by atoms with Gasteiger partial charge in [0, 0.05) is 0 Å². The Bertz CT molecular complexity index is 1260. The summed E-state index contributed by atoms with van der Waals surface area (Å²) in [6.45, 7) is 9.34. The lowest BCUT2D eigenvalue weighted by atomic mass is 9.97. The predicted octanol–water partition coefficient (Wildman–Crippen LogP) is 11.1. The molecule has 0 radical (unpaired) electrons. The van der Waals surface area contributed by atoms with Crippen LogP contribution in [0.4, 0.5) is 0 Å². The summed E-state index contributed by atoms with van der Waals surface area (Å²) in [6, 6.07) is 13.6. The summed E-state index contributed by atoms with van der Waals surface area (Å²) in [6.07, 6.45) is 19.1. The van der Waals surface area contributed by atoms with Gasteiger partial charge >= 0.3 is 23.9 Å². The van der Waals surface area contributed by atoms with Crippen LogP contribution in [-0.2, 0) is 18.9 Å². The van der Waals surface area contributed by atoms with Crippen molar-refractivity contribution in [2.45, 2.75) is 155 Å². The number of hydrogen-bond donors (Lipinski definition) is 0. The van der Waals surface area contributed by atoms with Crippen molar-refractivity contribution in [1.82, 2.24) is 0 Å². The van der Waals surface area contributed by atoms with Gasteiger partial charge in [-0.1, -0.05) is 103 Å². The monoisotopic (exact) mass is 720 g/mol. The lowest BCUT2D eigenvalue weighted by Gasteiger charge is -2.23. The van der Waals surface area contributed by atoms with Gasteiger partial charge in [0.1, 0.15) is 12.2 Å². The molecular formula is C44H64O8. The van der Waals surface area contributed by atoms with Crippen LogP contribution in [0.1, 0.15) is 185 Å². The van der Waals surface area contributed by atoms with E-state index in [1.54, 1.807) is 48.5 Å². The second-order valence-corrected chi connectivity index (χ2v) is 14.5. The smallest absolute Gasteiger partial charge is 0.339 e. The summed E-state index contributed by atoms with van der Waals surface area (Å²) in [4.78, 5) is 50.1. The fourth-order valence-corrected chi connectivity index (χ4v) is 6.81. The van der Waals surface area contributed by atoms with Gasteiger partial charge in [-0.3, -0.25) is 0 Å². The minimum Gasteiger partial charge on any atom is -0.462 e. The van der Waals surface area contributed by atoms with Gasteiger partial charge in [-0.25, -0.2) is 19.2 Å². The van der Waals surface area contributed by atoms with Gasteiger partial charge in [0.2, 0.25) is 0 Å². The van der Waals surface area contributed by atoms with E-state index >= 15 is 0 Å². The average molecular weight is 721 g/mol. The highest BCUT2D eigenvalue weighted by atomic mass is 16.6. The molecule has 0 N–H and O–H groups in total. The van der Waals surface area contributed by atoms with Gasteiger partial charge in [-0.15, -0.1) is 0 Å². The maximum atomic E-state index is 12.6. The van der Waals surface area contributed by atoms with Crippen LogP contribution < -0.4 is 0 Å². The van der Waals surface area contributed by atoms with Gasteiger partial charge in [-0.05, 0) is 100 Å². The fraction of sp³-hybridized carbons (Fsp3) is 0.636. The van der Waals surface area contributed by atoms with Crippen molar-refractivity contribution in [2.24, 2.45) is 11.8 Å². The molecule has 0 bridgehead atoms. The largest absolute Gasteiger partial charge is 0.462 e. The standard InChI is InChI=1S/C24H38O4.C20H26O4/c1-5-9-13-19(7-3)17-27-23(25)21-15-11-12-16-22(21)24(26)28-18-20(8-4)14-10-6-2;21-19(23-15-9-3-1-4-10-15)17-13-7-8-14-18(17)20(22)24-16-11-5-2-6-12-16/h11-12,15-16,19-20H,5-10,13-14,17-18H2,1-4H3;7-8,13-16H,1-6,9-12H2. The third-order valence-corrected chi connectivity index (χ3v) is 10.4. The van der Waals surface area contributed by atoms with Crippen molar-refractivity contribution in [2.75, 3.05) is 13.2 Å². The molecule has 8 heteroatoms. The summed E-state index contributed by atoms with van der Waals surface area (Å²) in [5, 5.41) is 0. The first-order chi connectivity index (χ1) is 25.3. The lowest BCUT2D eigenvalue weighted by molar-refractivity contribution is 0.0164. The molecule has 0 amide bonds. The predicted molar refractivity (Wildman–Crippen MR) is 205 cm³/mol. The summed E-state index contributed by atoms with van der Waals surface area (Å²) in [5.41, 5.74) is 1.23. The van der Waals surface area contributed by atoms with Crippen LogP contribution in [-0.4, -0.2) is 49.3 Å². The van der Waals surface area contributed by atoms with Crippen LogP contribution in [0.3, 0.4) is 0 Å². The van der Waals surface area contributed by atoms with Crippen LogP contribution in [0, 0.1) is 11.8 Å². The number of carbonyl (C=O) groups excluding carboxylic acids is 4. The van der Waals surface area contributed by atoms with E-state index in [0.29, 0.717) is 47.3 Å². The molecule has 2 aliphatic carbocycles. The molecule has 2 fully saturated rings. The van der Waals surface area contributed by atoms with Crippen LogP contribution in [0.25, 0.3) is 0 Å². The zero-order valence-electron chi connectivity index (χ0n) is 32.3. The van der Waals surface area contributed by atoms with E-state index in [1.807, 2.05) is 0 Å². The quantitative estimate of drug-likeness (QED) is 0.111. The highest BCUT2D eigenvalue weighted by molar-refractivity contribution is 6.04. The molecule has 0 spiro atoms. The van der Waals surface area contributed by atoms with Crippen molar-refractivity contribution < 1.29 is 38.1 Å². The summed E-state index contributed by atoms with van der Waals surface area (Å²) in [5.74, 6) is -0.962. The number of esters is 4. The SMILES string of the molecule is CCCCC(CC)COC(=O)c1ccccc1C(=O)OCC(CC)CCCC.O=C(OC1CCCCC1)c1ccccc1C(=O)OC1CCCCC1. The molecule has 8 nitrogen and oxygen atoms in total. The molecule has 0 aliphatic heterocycles. The number of ether oxygens (including phenoxy) is 4. The minimum atomic E-state index is -0.444. The Morgan fingerprint density at radius 1 is 0.519 bits per heavy atom. The van der Waals surface area contributed by atoms with Gasteiger partial charge in [0.25, 0.3) is 0 Å². The third-order valence-electron chi connectivity index (χ3n) is 10.4. The van der Waals surface area contributed by atoms with Gasteiger partial charge in [0.05, 0.1) is 35.5 Å². The molecule has 0 heterocycles. The first-order valence-corrected chi connectivity index (χ1v) is 20.2. The Labute approximate surface area is 312 Å². The molecule has 52 heavy (non-hydrogen) atoms. The van der Waals surface area contributed by atoms with E-state index in [-0.39, 0.29) is 12.2 Å². The van der Waals surface area contributed by atoms with Crippen LogP contribution in [0.2, 0.25) is 0 Å². The fourth-order valence-electron chi connectivity index (χ4n) is 6.81. The Morgan fingerprint density at radius 2 is 0.846 bits per heavy atom. The summed E-state index contributed by atoms with van der Waals surface area (Å²) >= 11 is 0. The Balaban J connectivity index is 0.000000283. The molecule has 2 aromatic rings. The average Bonchev–Trinajstić information content (AvgIpc) is 3.18. The number of hydrogen-bond acceptors (Lipinski definition) is 8. The zero-order chi connectivity index (χ0) is 37.6. The first kappa shape index (κ1) is 42.7. The van der Waals surface area contributed by atoms with Crippen molar-refractivity contribution in [1.29, 1.82) is 0 Å². The van der Waals surface area contributed by atoms with Crippen LogP contribution >= 0.6 is 0 Å². The molecule has 2 aromatic carbocycles. The van der Waals surface area contributed by atoms with E-state index in [0.717, 1.165) is 103 Å². The van der Waals surface area contributed by atoms with E-state index in [4.69, 9.17) is 18.9 Å². The Hall–Kier alpha value is -3.68. The summed E-state index contributed by atoms with van der Waals surface area (Å²) < 4.78 is 22.3. The van der Waals surface area contributed by atoms with E-state index in [9.17, 15) is 19.2 Å². The van der Waals surface area contributed by atoms with Gasteiger partial charge < -0.3 is 18.9 Å². The number of rotatable bonds is 18. The lowest BCUT2D eigenvalue weighted by Crippen LogP contribution is -2.24. The molecule has 0 saturated heterocycles. The zero-order valence-corrected chi connectivity index (χ0v) is 32.3. The van der Waals surface area contributed by atoms with Crippen molar-refractivity contribution >= 4 is 23.9 Å². The molecule has 0 aromatic heterocycles. The van der Waals surface area contributed by atoms with E-state index in [2.05, 4.69) is 27.7 Å². The molecule has 4 rings (SSSR count). The first-order valence-electron chi connectivity index (χ1n) is 20.2. The molecule has 2 aliphatic rings. The molecule has 2 unspecified atom stereocenters. The second kappa shape index (κ2) is 24.5. The maximum absolute atomic E-state index is 12.6. The molecule has 288 valence electrons. The third kappa shape index (κ3) is 14.7. The number of benzene rings is 2. The Kier molecular flexibility index (Phi) is 20.2. The minimum absolute atomic E-state index is 0.0197. The number of carbonyl (C=O) groups is 4. The molecule has 2 saturated carbocycles. The Morgan fingerprint density at radius 3 is 1.15 bits per heavy atom. The molecule has 2 atom stereocenters. The van der Waals surface area contributed by atoms with Crippen molar-refractivity contribution in [3.63, 3.8) is 0 Å².